The van der Waals surface area contributed by atoms with Gasteiger partial charge in [-0.05, 0) is 35.0 Å². The molecule has 1 aliphatic rings. The molecule has 0 unspecified atom stereocenters. The molecule has 1 aromatic heterocycles. The van der Waals surface area contributed by atoms with Crippen molar-refractivity contribution in [2.24, 2.45) is 0 Å². The topological polar surface area (TPSA) is 19.4 Å². The number of hydrogen-bond donors (Lipinski definition) is 0. The van der Waals surface area contributed by atoms with Gasteiger partial charge < -0.3 is 9.80 Å². The average molecular weight is 270 g/mol. The first-order chi connectivity index (χ1) is 12.2. The Morgan fingerprint density at radius 3 is 3.07 bits per heavy atom. The third-order valence-corrected chi connectivity index (χ3v) is 1.70. The maximum absolute atomic E-state index is 8.16. The fourth-order valence-corrected chi connectivity index (χ4v) is 1.04. The van der Waals surface area contributed by atoms with E-state index < -0.39 is 61.8 Å². The predicted molar refractivity (Wildman–Crippen MR) is 61.6 cm³/mol. The zero-order valence-electron chi connectivity index (χ0n) is 20.7. The highest BCUT2D eigenvalue weighted by Crippen LogP contribution is 2.18. The van der Waals surface area contributed by atoms with Crippen LogP contribution < -0.4 is 4.90 Å². The van der Waals surface area contributed by atoms with Crippen LogP contribution in [0.2, 0.25) is 0 Å². The van der Waals surface area contributed by atoms with Crippen LogP contribution in [-0.2, 0) is 0 Å². The van der Waals surface area contributed by atoms with Crippen molar-refractivity contribution in [1.29, 1.82) is 0 Å². The SMILES string of the molecule is [2H]c1nc(Br)c([2H])c(N2C([2H])([2H])C([2H])([2H])N(C([2H])([2H])[2H])C([2H])([2H])C2([2H])[2H])c1[2H]. The van der Waals surface area contributed by atoms with Crippen molar-refractivity contribution in [3.8, 4) is 0 Å². The third-order valence-electron chi connectivity index (χ3n) is 1.32. The van der Waals surface area contributed by atoms with Gasteiger partial charge in [-0.1, -0.05) is 0 Å². The number of hydrogen-bond acceptors (Lipinski definition) is 3. The maximum atomic E-state index is 8.16. The van der Waals surface area contributed by atoms with E-state index in [1.165, 1.54) is 0 Å². The molecule has 0 atom stereocenters. The Kier molecular flexibility index (Phi) is 0.779. The van der Waals surface area contributed by atoms with E-state index in [0.717, 1.165) is 0 Å². The van der Waals surface area contributed by atoms with Gasteiger partial charge in [0.15, 0.2) is 0 Å². The maximum Gasteiger partial charge on any atom is 0.108 e. The van der Waals surface area contributed by atoms with Crippen LogP contribution in [-0.4, -0.2) is 42.8 Å². The van der Waals surface area contributed by atoms with E-state index in [1.807, 2.05) is 0 Å². The quantitative estimate of drug-likeness (QED) is 0.723. The van der Waals surface area contributed by atoms with Crippen molar-refractivity contribution < 1.29 is 19.2 Å². The van der Waals surface area contributed by atoms with Gasteiger partial charge in [0, 0.05) is 47.4 Å². The highest BCUT2D eigenvalue weighted by Gasteiger charge is 2.13. The molecule has 2 heterocycles. The van der Waals surface area contributed by atoms with Gasteiger partial charge in [0.1, 0.15) is 4.60 Å². The van der Waals surface area contributed by atoms with Crippen molar-refractivity contribution in [3.63, 3.8) is 0 Å². The largest absolute Gasteiger partial charge is 0.369 e. The monoisotopic (exact) mass is 269 g/mol. The molecule has 0 aliphatic carbocycles. The Morgan fingerprint density at radius 2 is 2.36 bits per heavy atom. The molecule has 0 bridgehead atoms. The third kappa shape index (κ3) is 2.25. The summed E-state index contributed by atoms with van der Waals surface area (Å²) in [7, 11) is 0. The van der Waals surface area contributed by atoms with Crippen molar-refractivity contribution in [3.05, 3.63) is 22.9 Å². The highest BCUT2D eigenvalue weighted by atomic mass is 79.9. The molecule has 0 N–H and O–H groups in total. The summed E-state index contributed by atoms with van der Waals surface area (Å²) in [5.41, 5.74) is -0.945. The first kappa shape index (κ1) is 2.55. The van der Waals surface area contributed by atoms with Crippen LogP contribution >= 0.6 is 15.9 Å². The van der Waals surface area contributed by atoms with Gasteiger partial charge in [-0.3, -0.25) is 0 Å². The summed E-state index contributed by atoms with van der Waals surface area (Å²) in [6, 6.07) is -1.74. The summed E-state index contributed by atoms with van der Waals surface area (Å²) >= 11 is 2.81. The fraction of sp³-hybridized carbons (Fsp3) is 0.500. The van der Waals surface area contributed by atoms with Crippen LogP contribution in [0.5, 0.6) is 0 Å². The Hall–Kier alpha value is -0.610. The van der Waals surface area contributed by atoms with Crippen LogP contribution in [0.15, 0.2) is 22.9 Å². The van der Waals surface area contributed by atoms with Crippen LogP contribution in [0.3, 0.4) is 0 Å². The van der Waals surface area contributed by atoms with E-state index in [4.69, 9.17) is 19.2 Å². The zero-order valence-corrected chi connectivity index (χ0v) is 8.31. The van der Waals surface area contributed by atoms with Crippen molar-refractivity contribution in [2.75, 3.05) is 37.9 Å². The second-order valence-electron chi connectivity index (χ2n) is 2.23. The summed E-state index contributed by atoms with van der Waals surface area (Å²) < 4.78 is 110. The van der Waals surface area contributed by atoms with Gasteiger partial charge in [-0.15, -0.1) is 0 Å². The molecule has 1 aromatic rings. The molecule has 4 heteroatoms. The minimum Gasteiger partial charge on any atom is -0.369 e. The van der Waals surface area contributed by atoms with Crippen molar-refractivity contribution in [1.82, 2.24) is 9.88 Å². The molecular weight excluding hydrogens is 242 g/mol. The molecule has 1 saturated heterocycles. The summed E-state index contributed by atoms with van der Waals surface area (Å²) in [6.45, 7) is -18.0. The number of aromatic nitrogens is 1. The molecule has 1 fully saturated rings. The number of pyridine rings is 1. The van der Waals surface area contributed by atoms with Crippen LogP contribution in [0, 0.1) is 0 Å². The molecule has 0 spiro atoms. The standard InChI is InChI=1S/C10H14BrN3/c1-13-4-6-14(7-5-13)9-2-3-12-10(11)8-9/h2-3,8H,4-7H2,1H3/i1D3,2D,3D,4D2,5D2,6D2,7D2,8D. The molecule has 76 valence electrons. The van der Waals surface area contributed by atoms with E-state index in [1.54, 1.807) is 0 Å². The number of rotatable bonds is 1. The molecule has 0 radical (unpaired) electrons. The molecule has 3 nitrogen and oxygen atoms in total. The number of piperazine rings is 1. The van der Waals surface area contributed by atoms with Crippen LogP contribution in [0.25, 0.3) is 0 Å². The lowest BCUT2D eigenvalue weighted by Crippen LogP contribution is -2.44. The summed E-state index contributed by atoms with van der Waals surface area (Å²) in [5, 5.41) is 0. The van der Waals surface area contributed by atoms with Gasteiger partial charge in [-0.2, -0.15) is 0 Å². The molecule has 2 rings (SSSR count). The van der Waals surface area contributed by atoms with Gasteiger partial charge in [0.25, 0.3) is 0 Å². The number of nitrogens with zero attached hydrogens (tertiary/aromatic N) is 3. The summed E-state index contributed by atoms with van der Waals surface area (Å²) in [4.78, 5) is 2.87. The van der Waals surface area contributed by atoms with E-state index >= 15 is 0 Å². The molecule has 0 saturated carbocycles. The predicted octanol–water partition coefficient (Wildman–Crippen LogP) is 1.60. The van der Waals surface area contributed by atoms with Gasteiger partial charge in [0.2, 0.25) is 0 Å². The lowest BCUT2D eigenvalue weighted by atomic mass is 10.3. The van der Waals surface area contributed by atoms with Gasteiger partial charge >= 0.3 is 0 Å². The van der Waals surface area contributed by atoms with E-state index in [0.29, 0.717) is 0 Å². The molecule has 0 amide bonds. The van der Waals surface area contributed by atoms with Crippen molar-refractivity contribution >= 4 is 21.6 Å². The Bertz CT molecular complexity index is 751. The average Bonchev–Trinajstić information content (AvgIpc) is 2.45. The van der Waals surface area contributed by atoms with Crippen LogP contribution in [0.1, 0.15) is 19.2 Å². The highest BCUT2D eigenvalue weighted by molar-refractivity contribution is 9.10. The smallest absolute Gasteiger partial charge is 0.108 e. The minimum atomic E-state index is -3.63. The fourth-order valence-electron chi connectivity index (χ4n) is 0.766. The van der Waals surface area contributed by atoms with Gasteiger partial charge in [-0.25, -0.2) is 4.98 Å². The Morgan fingerprint density at radius 1 is 1.57 bits per heavy atom. The lowest BCUT2D eigenvalue weighted by Gasteiger charge is -2.33. The minimum absolute atomic E-state index is 0.128. The first-order valence-electron chi connectivity index (χ1n) is 10.5. The number of anilines is 1. The molecule has 0 aromatic carbocycles. The number of likely N-dealkylation sites (N-methyl/N-ethyl adjacent to an activating group) is 1. The second kappa shape index (κ2) is 4.28. The Balaban J connectivity index is 2.96. The summed E-state index contributed by atoms with van der Waals surface area (Å²) in [5.74, 6) is 0. The summed E-state index contributed by atoms with van der Waals surface area (Å²) in [6.07, 6.45) is -0.802. The van der Waals surface area contributed by atoms with E-state index in [9.17, 15) is 0 Å². The van der Waals surface area contributed by atoms with E-state index in [2.05, 4.69) is 20.9 Å². The van der Waals surface area contributed by atoms with Crippen molar-refractivity contribution in [2.45, 2.75) is 0 Å². The normalized spacial score (nSPS) is 48.5. The first-order valence-corrected chi connectivity index (χ1v) is 4.27. The lowest BCUT2D eigenvalue weighted by molar-refractivity contribution is 0.313. The van der Waals surface area contributed by atoms with E-state index in [-0.39, 0.29) is 9.50 Å². The van der Waals surface area contributed by atoms with Crippen LogP contribution in [0.4, 0.5) is 5.69 Å². The number of halogens is 1. The van der Waals surface area contributed by atoms with Gasteiger partial charge in [0.05, 0.1) is 9.60 Å². The second-order valence-corrected chi connectivity index (χ2v) is 2.98. The zero-order chi connectivity index (χ0) is 22.2. The molecule has 14 heavy (non-hydrogen) atoms. The molecule has 1 aliphatic heterocycles. The molecular formula is C10H14BrN3. The Labute approximate surface area is 113 Å².